The highest BCUT2D eigenvalue weighted by Gasteiger charge is 2.24. The molecule has 2 N–H and O–H groups in total. The minimum atomic E-state index is -0.297. The monoisotopic (exact) mass is 410 g/mol. The highest BCUT2D eigenvalue weighted by molar-refractivity contribution is 9.10. The minimum Gasteiger partial charge on any atom is -0.307 e. The number of rotatable bonds is 4. The van der Waals surface area contributed by atoms with E-state index < -0.39 is 0 Å². The zero-order valence-electron chi connectivity index (χ0n) is 14.2. The van der Waals surface area contributed by atoms with Crippen molar-refractivity contribution in [2.24, 2.45) is 0 Å². The van der Waals surface area contributed by atoms with Crippen LogP contribution in [0, 0.1) is 0 Å². The van der Waals surface area contributed by atoms with E-state index in [0.717, 1.165) is 34.4 Å². The van der Waals surface area contributed by atoms with Gasteiger partial charge in [0.1, 0.15) is 5.82 Å². The summed E-state index contributed by atoms with van der Waals surface area (Å²) in [4.78, 5) is 12.5. The number of hydrogen-bond acceptors (Lipinski definition) is 2. The number of nitrogens with zero attached hydrogens (tertiary/aromatic N) is 2. The van der Waals surface area contributed by atoms with Gasteiger partial charge in [-0.25, -0.2) is 9.48 Å². The topological polar surface area (TPSA) is 59.0 Å². The number of para-hydroxylation sites is 2. The average Bonchev–Trinajstić information content (AvgIpc) is 2.99. The van der Waals surface area contributed by atoms with E-state index in [1.807, 2.05) is 60.7 Å². The Morgan fingerprint density at radius 1 is 1.04 bits per heavy atom. The van der Waals surface area contributed by atoms with Gasteiger partial charge in [0.25, 0.3) is 0 Å². The summed E-state index contributed by atoms with van der Waals surface area (Å²) in [6, 6.07) is 19.1. The summed E-state index contributed by atoms with van der Waals surface area (Å²) < 4.78 is 2.63. The van der Waals surface area contributed by atoms with Crippen LogP contribution in [0.25, 0.3) is 5.69 Å². The van der Waals surface area contributed by atoms with Gasteiger partial charge in [0.15, 0.2) is 0 Å². The summed E-state index contributed by atoms with van der Waals surface area (Å²) in [7, 11) is 0. The SMILES string of the molecule is O=C(Nc1ccccc1Br)Nc1cc(C2CCC2)nn1-c1ccccc1. The number of urea groups is 1. The molecule has 26 heavy (non-hydrogen) atoms. The average molecular weight is 411 g/mol. The van der Waals surface area contributed by atoms with E-state index in [2.05, 4.69) is 26.6 Å². The molecular weight excluding hydrogens is 392 g/mol. The van der Waals surface area contributed by atoms with Gasteiger partial charge in [-0.05, 0) is 53.0 Å². The van der Waals surface area contributed by atoms with Crippen molar-refractivity contribution < 1.29 is 4.79 Å². The fourth-order valence-electron chi connectivity index (χ4n) is 2.99. The van der Waals surface area contributed by atoms with Crippen molar-refractivity contribution in [3.05, 3.63) is 70.8 Å². The Morgan fingerprint density at radius 3 is 2.46 bits per heavy atom. The van der Waals surface area contributed by atoms with Crippen LogP contribution < -0.4 is 10.6 Å². The fraction of sp³-hybridized carbons (Fsp3) is 0.200. The predicted octanol–water partition coefficient (Wildman–Crippen LogP) is 5.55. The molecule has 2 amide bonds. The summed E-state index contributed by atoms with van der Waals surface area (Å²) in [6.45, 7) is 0. The van der Waals surface area contributed by atoms with Crippen molar-refractivity contribution in [3.63, 3.8) is 0 Å². The number of carbonyl (C=O) groups is 1. The molecule has 1 saturated carbocycles. The van der Waals surface area contributed by atoms with E-state index in [9.17, 15) is 4.79 Å². The second-order valence-electron chi connectivity index (χ2n) is 6.39. The van der Waals surface area contributed by atoms with Gasteiger partial charge < -0.3 is 5.32 Å². The van der Waals surface area contributed by atoms with Gasteiger partial charge in [-0.3, -0.25) is 5.32 Å². The lowest BCUT2D eigenvalue weighted by molar-refractivity contribution is 0.262. The van der Waals surface area contributed by atoms with Gasteiger partial charge in [-0.2, -0.15) is 5.10 Å². The molecule has 0 bridgehead atoms. The molecule has 0 saturated heterocycles. The first-order chi connectivity index (χ1) is 12.7. The number of hydrogen-bond donors (Lipinski definition) is 2. The molecule has 6 heteroatoms. The molecule has 1 aliphatic carbocycles. The molecule has 1 aromatic heterocycles. The van der Waals surface area contributed by atoms with E-state index in [-0.39, 0.29) is 6.03 Å². The zero-order chi connectivity index (χ0) is 17.9. The maximum Gasteiger partial charge on any atom is 0.324 e. The van der Waals surface area contributed by atoms with Gasteiger partial charge in [0.05, 0.1) is 17.1 Å². The van der Waals surface area contributed by atoms with Crippen LogP contribution >= 0.6 is 15.9 Å². The molecule has 132 valence electrons. The number of nitrogens with one attached hydrogen (secondary N) is 2. The first-order valence-corrected chi connectivity index (χ1v) is 9.48. The van der Waals surface area contributed by atoms with Gasteiger partial charge in [0.2, 0.25) is 0 Å². The van der Waals surface area contributed by atoms with Gasteiger partial charge >= 0.3 is 6.03 Å². The second-order valence-corrected chi connectivity index (χ2v) is 7.24. The summed E-state index contributed by atoms with van der Waals surface area (Å²) in [6.07, 6.45) is 3.57. The third-order valence-corrected chi connectivity index (χ3v) is 5.31. The van der Waals surface area contributed by atoms with Gasteiger partial charge in [-0.15, -0.1) is 0 Å². The highest BCUT2D eigenvalue weighted by atomic mass is 79.9. The summed E-state index contributed by atoms with van der Waals surface area (Å²) in [5, 5.41) is 10.5. The number of aromatic nitrogens is 2. The Balaban J connectivity index is 1.59. The first-order valence-electron chi connectivity index (χ1n) is 8.68. The van der Waals surface area contributed by atoms with E-state index >= 15 is 0 Å². The van der Waals surface area contributed by atoms with E-state index in [1.165, 1.54) is 6.42 Å². The van der Waals surface area contributed by atoms with Gasteiger partial charge in [0, 0.05) is 16.5 Å². The second kappa shape index (κ2) is 7.33. The van der Waals surface area contributed by atoms with Crippen molar-refractivity contribution in [3.8, 4) is 5.69 Å². The summed E-state index contributed by atoms with van der Waals surface area (Å²) in [5.74, 6) is 1.16. The lowest BCUT2D eigenvalue weighted by atomic mass is 9.83. The molecule has 0 spiro atoms. The molecule has 1 heterocycles. The maximum absolute atomic E-state index is 12.5. The molecule has 4 rings (SSSR count). The van der Waals surface area contributed by atoms with E-state index in [4.69, 9.17) is 5.10 Å². The van der Waals surface area contributed by atoms with Crippen molar-refractivity contribution in [2.45, 2.75) is 25.2 Å². The van der Waals surface area contributed by atoms with Crippen LogP contribution in [0.15, 0.2) is 65.1 Å². The van der Waals surface area contributed by atoms with Crippen LogP contribution in [0.5, 0.6) is 0 Å². The minimum absolute atomic E-state index is 0.297. The molecule has 0 aliphatic heterocycles. The number of halogens is 1. The quantitative estimate of drug-likeness (QED) is 0.592. The van der Waals surface area contributed by atoms with Crippen LogP contribution in [0.3, 0.4) is 0 Å². The summed E-state index contributed by atoms with van der Waals surface area (Å²) >= 11 is 3.44. The molecule has 0 atom stereocenters. The number of anilines is 2. The number of carbonyl (C=O) groups excluding carboxylic acids is 1. The predicted molar refractivity (Wildman–Crippen MR) is 107 cm³/mol. The lowest BCUT2D eigenvalue weighted by Gasteiger charge is -2.22. The third kappa shape index (κ3) is 3.51. The molecular formula is C20H19BrN4O. The largest absolute Gasteiger partial charge is 0.324 e. The Hall–Kier alpha value is -2.60. The summed E-state index contributed by atoms with van der Waals surface area (Å²) in [5.41, 5.74) is 2.68. The van der Waals surface area contributed by atoms with Crippen molar-refractivity contribution in [1.29, 1.82) is 0 Å². The Morgan fingerprint density at radius 2 is 1.77 bits per heavy atom. The van der Waals surface area contributed by atoms with Crippen molar-refractivity contribution in [1.82, 2.24) is 9.78 Å². The lowest BCUT2D eigenvalue weighted by Crippen LogP contribution is -2.21. The van der Waals surface area contributed by atoms with E-state index in [1.54, 1.807) is 4.68 Å². The smallest absolute Gasteiger partial charge is 0.307 e. The Bertz CT molecular complexity index is 919. The van der Waals surface area contributed by atoms with Crippen molar-refractivity contribution in [2.75, 3.05) is 10.6 Å². The first kappa shape index (κ1) is 16.8. The third-order valence-electron chi connectivity index (χ3n) is 4.62. The normalized spacial score (nSPS) is 13.9. The molecule has 2 aromatic carbocycles. The standard InChI is InChI=1S/C20H19BrN4O/c21-16-11-4-5-12-17(16)22-20(26)23-19-13-18(14-7-6-8-14)24-25(19)15-9-2-1-3-10-15/h1-5,9-14H,6-8H2,(H2,22,23,26). The molecule has 5 nitrogen and oxygen atoms in total. The number of benzene rings is 2. The van der Waals surface area contributed by atoms with Crippen LogP contribution in [0.2, 0.25) is 0 Å². The Labute approximate surface area is 160 Å². The van der Waals surface area contributed by atoms with Crippen LogP contribution in [0.1, 0.15) is 30.9 Å². The fourth-order valence-corrected chi connectivity index (χ4v) is 3.37. The van der Waals surface area contributed by atoms with Crippen LogP contribution in [-0.2, 0) is 0 Å². The maximum atomic E-state index is 12.5. The highest BCUT2D eigenvalue weighted by Crippen LogP contribution is 2.37. The molecule has 0 radical (unpaired) electrons. The van der Waals surface area contributed by atoms with Crippen molar-refractivity contribution >= 4 is 33.5 Å². The zero-order valence-corrected chi connectivity index (χ0v) is 15.7. The Kier molecular flexibility index (Phi) is 4.75. The molecule has 1 fully saturated rings. The van der Waals surface area contributed by atoms with Crippen LogP contribution in [-0.4, -0.2) is 15.8 Å². The molecule has 3 aromatic rings. The van der Waals surface area contributed by atoms with Gasteiger partial charge in [-0.1, -0.05) is 36.8 Å². The molecule has 0 unspecified atom stereocenters. The molecule has 1 aliphatic rings. The van der Waals surface area contributed by atoms with E-state index in [0.29, 0.717) is 11.7 Å². The number of amides is 2. The van der Waals surface area contributed by atoms with Crippen LogP contribution in [0.4, 0.5) is 16.3 Å².